The van der Waals surface area contributed by atoms with Crippen molar-refractivity contribution in [3.05, 3.63) is 204 Å². The lowest BCUT2D eigenvalue weighted by molar-refractivity contribution is -0.0946. The third-order valence-corrected chi connectivity index (χ3v) is 12.1. The summed E-state index contributed by atoms with van der Waals surface area (Å²) in [6, 6.07) is 51.0. The van der Waals surface area contributed by atoms with Gasteiger partial charge in [0.05, 0.1) is 41.4 Å². The first-order valence-corrected chi connectivity index (χ1v) is 21.2. The number of aromatic nitrogens is 4. The summed E-state index contributed by atoms with van der Waals surface area (Å²) < 4.78 is 38.9. The van der Waals surface area contributed by atoms with Gasteiger partial charge < -0.3 is 44.0 Å². The van der Waals surface area contributed by atoms with Gasteiger partial charge in [0, 0.05) is 11.1 Å². The smallest absolute Gasteiger partial charge is 0.167 e. The quantitative estimate of drug-likeness (QED) is 0.0811. The lowest BCUT2D eigenvalue weighted by atomic mass is 9.76. The lowest BCUT2D eigenvalue weighted by Gasteiger charge is -2.38. The Bertz CT molecular complexity index is 2770. The van der Waals surface area contributed by atoms with Gasteiger partial charge in [-0.05, 0) is 34.4 Å². The van der Waals surface area contributed by atoms with Gasteiger partial charge in [-0.25, -0.2) is 15.0 Å². The zero-order chi connectivity index (χ0) is 45.0. The van der Waals surface area contributed by atoms with Crippen molar-refractivity contribution in [2.24, 2.45) is 0 Å². The van der Waals surface area contributed by atoms with Gasteiger partial charge in [-0.15, -0.1) is 0 Å². The molecule has 8 aromatic rings. The number of imidazole rings is 1. The van der Waals surface area contributed by atoms with Crippen molar-refractivity contribution < 1.29 is 38.6 Å². The molecule has 0 amide bonds. The summed E-state index contributed by atoms with van der Waals surface area (Å²) in [5.74, 6) is 2.48. The Balaban J connectivity index is 1.11. The summed E-state index contributed by atoms with van der Waals surface area (Å²) in [4.78, 5) is 14.2. The highest BCUT2D eigenvalue weighted by Gasteiger charge is 2.48. The summed E-state index contributed by atoms with van der Waals surface area (Å²) in [6.45, 7) is -0.146. The normalized spacial score (nSPS) is 17.4. The molecule has 0 radical (unpaired) electrons. The van der Waals surface area contributed by atoms with Crippen LogP contribution in [0.1, 0.15) is 39.6 Å². The standard InChI is InChI=1S/C52H49N5O8/c1-60-40-29-17-27-38(46(40)62-3)51(34-19-9-5-10-20-34,35-21-11-6-12-22-35)56-48-43-49(54-32-53-48)57(33-55-43)50-45(59)44(58)42(65-50)31-64-52(36-23-13-7-14-24-36,37-25-15-8-16-26-37)39-28-18-30-41(61-2)47(39)63-4/h5-30,32-33,42,44-45,50,58-59H,31H2,1-4H3,(H,53,54,56)/t42-,44-,45-,50-/m1/s1. The van der Waals surface area contributed by atoms with Crippen LogP contribution in [0.4, 0.5) is 5.82 Å². The number of nitrogens with zero attached hydrogens (tertiary/aromatic N) is 4. The van der Waals surface area contributed by atoms with E-state index in [0.717, 1.165) is 27.8 Å². The average molecular weight is 872 g/mol. The molecule has 1 aliphatic heterocycles. The number of aliphatic hydroxyl groups is 2. The van der Waals surface area contributed by atoms with E-state index in [-0.39, 0.29) is 6.61 Å². The van der Waals surface area contributed by atoms with Gasteiger partial charge in [0.2, 0.25) is 0 Å². The van der Waals surface area contributed by atoms with Crippen LogP contribution in [0.25, 0.3) is 11.2 Å². The van der Waals surface area contributed by atoms with Crippen LogP contribution in [0.15, 0.2) is 170 Å². The van der Waals surface area contributed by atoms with Crippen LogP contribution in [-0.2, 0) is 20.6 Å². The van der Waals surface area contributed by atoms with Crippen LogP contribution in [0.3, 0.4) is 0 Å². The molecule has 4 atom stereocenters. The summed E-state index contributed by atoms with van der Waals surface area (Å²) in [5.41, 5.74) is 3.18. The average Bonchev–Trinajstić information content (AvgIpc) is 3.93. The number of nitrogens with one attached hydrogen (secondary N) is 1. The molecule has 6 aromatic carbocycles. The number of para-hydroxylation sites is 2. The molecule has 3 heterocycles. The molecule has 3 N–H and O–H groups in total. The third kappa shape index (κ3) is 7.47. The fourth-order valence-electron chi connectivity index (χ4n) is 9.09. The molecule has 2 aromatic heterocycles. The van der Waals surface area contributed by atoms with Crippen molar-refractivity contribution in [3.63, 3.8) is 0 Å². The molecule has 13 nitrogen and oxygen atoms in total. The van der Waals surface area contributed by atoms with E-state index in [0.29, 0.717) is 45.5 Å². The number of methoxy groups -OCH3 is 4. The second-order valence-corrected chi connectivity index (χ2v) is 15.5. The number of fused-ring (bicyclic) bond motifs is 1. The van der Waals surface area contributed by atoms with Crippen molar-refractivity contribution in [2.75, 3.05) is 40.4 Å². The van der Waals surface area contributed by atoms with Crippen LogP contribution < -0.4 is 24.3 Å². The highest BCUT2D eigenvalue weighted by molar-refractivity contribution is 5.84. The fourth-order valence-corrected chi connectivity index (χ4v) is 9.09. The van der Waals surface area contributed by atoms with Gasteiger partial charge in [0.25, 0.3) is 0 Å². The Kier molecular flexibility index (Phi) is 12.2. The number of hydrogen-bond acceptors (Lipinski definition) is 12. The maximum absolute atomic E-state index is 11.8. The van der Waals surface area contributed by atoms with E-state index in [9.17, 15) is 10.2 Å². The second kappa shape index (κ2) is 18.4. The SMILES string of the molecule is COc1cccc(C(Nc2ncnc3c2ncn3[C@@H]2O[C@H](COC(c3ccccc3)(c3ccccc3)c3cccc(OC)c3OC)[C@@H](O)[C@H]2O)(c2ccccc2)c2ccccc2)c1OC. The number of hydrogen-bond donors (Lipinski definition) is 3. The predicted molar refractivity (Wildman–Crippen MR) is 245 cm³/mol. The molecule has 65 heavy (non-hydrogen) atoms. The molecule has 13 heteroatoms. The molecule has 1 fully saturated rings. The number of anilines is 1. The van der Waals surface area contributed by atoms with Crippen molar-refractivity contribution >= 4 is 17.0 Å². The van der Waals surface area contributed by atoms with E-state index in [2.05, 4.69) is 10.3 Å². The van der Waals surface area contributed by atoms with Crippen LogP contribution >= 0.6 is 0 Å². The predicted octanol–water partition coefficient (Wildman–Crippen LogP) is 7.89. The summed E-state index contributed by atoms with van der Waals surface area (Å²) in [7, 11) is 6.40. The minimum atomic E-state index is -1.39. The molecule has 0 aliphatic carbocycles. The Morgan fingerprint density at radius 2 is 1.08 bits per heavy atom. The minimum Gasteiger partial charge on any atom is -0.493 e. The summed E-state index contributed by atoms with van der Waals surface area (Å²) >= 11 is 0. The van der Waals surface area contributed by atoms with Crippen molar-refractivity contribution in [1.29, 1.82) is 0 Å². The Hall–Kier alpha value is -7.29. The molecule has 0 unspecified atom stereocenters. The van der Waals surface area contributed by atoms with Gasteiger partial charge in [0.1, 0.15) is 35.8 Å². The van der Waals surface area contributed by atoms with E-state index >= 15 is 0 Å². The van der Waals surface area contributed by atoms with Gasteiger partial charge >= 0.3 is 0 Å². The van der Waals surface area contributed by atoms with Crippen molar-refractivity contribution in [3.8, 4) is 23.0 Å². The molecule has 330 valence electrons. The Labute approximate surface area is 376 Å². The van der Waals surface area contributed by atoms with E-state index < -0.39 is 35.7 Å². The first-order valence-electron chi connectivity index (χ1n) is 21.2. The monoisotopic (exact) mass is 871 g/mol. The largest absolute Gasteiger partial charge is 0.493 e. The molecule has 1 aliphatic rings. The van der Waals surface area contributed by atoms with Crippen LogP contribution in [0.2, 0.25) is 0 Å². The van der Waals surface area contributed by atoms with Crippen molar-refractivity contribution in [2.45, 2.75) is 35.7 Å². The van der Waals surface area contributed by atoms with Crippen LogP contribution in [0, 0.1) is 0 Å². The van der Waals surface area contributed by atoms with Gasteiger partial charge in [0.15, 0.2) is 46.2 Å². The maximum Gasteiger partial charge on any atom is 0.167 e. The van der Waals surface area contributed by atoms with E-state index in [1.54, 1.807) is 33.0 Å². The molecule has 0 bridgehead atoms. The molecular weight excluding hydrogens is 823 g/mol. The number of rotatable bonds is 16. The van der Waals surface area contributed by atoms with E-state index in [1.807, 2.05) is 158 Å². The topological polar surface area (TPSA) is 151 Å². The second-order valence-electron chi connectivity index (χ2n) is 15.5. The molecule has 0 spiro atoms. The number of benzene rings is 6. The zero-order valence-corrected chi connectivity index (χ0v) is 36.3. The fraction of sp³-hybridized carbons (Fsp3) is 0.212. The van der Waals surface area contributed by atoms with Gasteiger partial charge in [-0.1, -0.05) is 146 Å². The first-order chi connectivity index (χ1) is 31.9. The lowest BCUT2D eigenvalue weighted by Crippen LogP contribution is -2.39. The highest BCUT2D eigenvalue weighted by Crippen LogP contribution is 2.49. The molecular formula is C52H49N5O8. The molecule has 0 saturated carbocycles. The summed E-state index contributed by atoms with van der Waals surface area (Å²) in [5, 5.41) is 27.4. The van der Waals surface area contributed by atoms with Gasteiger partial charge in [-0.2, -0.15) is 0 Å². The number of aliphatic hydroxyl groups excluding tert-OH is 2. The molecule has 9 rings (SSSR count). The Morgan fingerprint density at radius 1 is 0.569 bits per heavy atom. The first kappa shape index (κ1) is 43.0. The number of ether oxygens (including phenoxy) is 6. The summed E-state index contributed by atoms with van der Waals surface area (Å²) in [6.07, 6.45) is -1.90. The maximum atomic E-state index is 11.8. The molecule has 1 saturated heterocycles. The zero-order valence-electron chi connectivity index (χ0n) is 36.3. The van der Waals surface area contributed by atoms with Crippen LogP contribution in [0.5, 0.6) is 23.0 Å². The highest BCUT2D eigenvalue weighted by atomic mass is 16.6. The third-order valence-electron chi connectivity index (χ3n) is 12.1. The van der Waals surface area contributed by atoms with Crippen LogP contribution in [-0.4, -0.2) is 83.1 Å². The van der Waals surface area contributed by atoms with Gasteiger partial charge in [-0.3, -0.25) is 4.57 Å². The van der Waals surface area contributed by atoms with E-state index in [4.69, 9.17) is 38.4 Å². The van der Waals surface area contributed by atoms with Crippen molar-refractivity contribution in [1.82, 2.24) is 19.5 Å². The van der Waals surface area contributed by atoms with E-state index in [1.165, 1.54) is 12.7 Å². The minimum absolute atomic E-state index is 0.146. The Morgan fingerprint density at radius 3 is 1.60 bits per heavy atom.